The predicted molar refractivity (Wildman–Crippen MR) is 450 cm³/mol. The maximum Gasteiger partial charge on any atom is 0.0159 e. The zero-order chi connectivity index (χ0) is 70.8. The third-order valence-corrected chi connectivity index (χ3v) is 24.4. The highest BCUT2D eigenvalue weighted by atomic mass is 14.4. The van der Waals surface area contributed by atoms with Gasteiger partial charge in [-0.1, -0.05) is 344 Å². The van der Waals surface area contributed by atoms with Gasteiger partial charge in [-0.2, -0.15) is 0 Å². The van der Waals surface area contributed by atoms with Gasteiger partial charge in [-0.15, -0.1) is 0 Å². The highest BCUT2D eigenvalue weighted by Gasteiger charge is 2.40. The molecule has 3 aliphatic rings. The SMILES string of the molecule is Cc1ccc2c(-c3ccc4c(c3)C(C)(C)c3cc(-c5ccc6ccccc6c5)ccc3-4)c3ccccc3c(-c3cccc4c3-c3ccccc3C4(C)C)c2c1.Cc1ccc2c(-c3ccc4cc(-c5ccc6ccccc6c5)ccc4c3)c3ccccc3c(-c3cccc4c3-c3ccccc3C4(C)C)c2c1. The second-order valence-corrected chi connectivity index (χ2v) is 31.5. The quantitative estimate of drug-likeness (QED) is 0.146. The Morgan fingerprint density at radius 1 is 0.162 bits per heavy atom. The van der Waals surface area contributed by atoms with E-state index in [0.717, 1.165) is 0 Å². The second kappa shape index (κ2) is 23.4. The summed E-state index contributed by atoms with van der Waals surface area (Å²) in [6.45, 7) is 18.8. The fourth-order valence-electron chi connectivity index (χ4n) is 19.1. The Morgan fingerprint density at radius 3 is 0.924 bits per heavy atom. The van der Waals surface area contributed by atoms with Crippen LogP contribution in [0.2, 0.25) is 0 Å². The maximum absolute atomic E-state index is 2.50. The first-order valence-electron chi connectivity index (χ1n) is 37.4. The van der Waals surface area contributed by atoms with Crippen molar-refractivity contribution in [1.29, 1.82) is 0 Å². The molecule has 0 spiro atoms. The molecule has 0 saturated heterocycles. The summed E-state index contributed by atoms with van der Waals surface area (Å²) in [6, 6.07) is 123. The van der Waals surface area contributed by atoms with Gasteiger partial charge in [0.2, 0.25) is 0 Å². The molecule has 0 amide bonds. The normalized spacial score (nSPS) is 13.9. The summed E-state index contributed by atoms with van der Waals surface area (Å²) in [5.74, 6) is 0. The first-order valence-corrected chi connectivity index (χ1v) is 37.4. The Bertz CT molecular complexity index is 6760. The van der Waals surface area contributed by atoms with E-state index in [1.54, 1.807) is 0 Å². The van der Waals surface area contributed by atoms with E-state index in [1.807, 2.05) is 0 Å². The van der Waals surface area contributed by atoms with Crippen LogP contribution in [0.4, 0.5) is 0 Å². The van der Waals surface area contributed by atoms with Gasteiger partial charge in [-0.05, 0) is 259 Å². The molecule has 0 aromatic heterocycles. The Hall–Kier alpha value is -12.2. The summed E-state index contributed by atoms with van der Waals surface area (Å²) in [4.78, 5) is 0. The molecule has 105 heavy (non-hydrogen) atoms. The molecule has 0 nitrogen and oxygen atoms in total. The molecule has 3 aliphatic carbocycles. The Kier molecular flexibility index (Phi) is 13.9. The number of aryl methyl sites for hydroxylation is 2. The van der Waals surface area contributed by atoms with Gasteiger partial charge >= 0.3 is 0 Å². The molecule has 0 radical (unpaired) electrons. The number of benzene rings is 18. The molecular weight excluding hydrogens is 1260 g/mol. The van der Waals surface area contributed by atoms with Crippen molar-refractivity contribution < 1.29 is 0 Å². The lowest BCUT2D eigenvalue weighted by atomic mass is 9.79. The Labute approximate surface area is 615 Å². The van der Waals surface area contributed by atoms with E-state index >= 15 is 0 Å². The number of rotatable bonds is 6. The molecule has 0 atom stereocenters. The summed E-state index contributed by atoms with van der Waals surface area (Å²) in [5, 5.41) is 18.0. The van der Waals surface area contributed by atoms with Crippen molar-refractivity contribution in [2.24, 2.45) is 0 Å². The van der Waals surface area contributed by atoms with Crippen LogP contribution >= 0.6 is 0 Å². The summed E-state index contributed by atoms with van der Waals surface area (Å²) >= 11 is 0. The van der Waals surface area contributed by atoms with Crippen LogP contribution in [0.1, 0.15) is 86.1 Å². The summed E-state index contributed by atoms with van der Waals surface area (Å²) in [6.07, 6.45) is 0. The highest BCUT2D eigenvalue weighted by molar-refractivity contribution is 6.25. The van der Waals surface area contributed by atoms with E-state index < -0.39 is 0 Å². The van der Waals surface area contributed by atoms with Crippen molar-refractivity contribution in [1.82, 2.24) is 0 Å². The van der Waals surface area contributed by atoms with Gasteiger partial charge in [0.15, 0.2) is 0 Å². The molecule has 0 heteroatoms. The predicted octanol–water partition coefficient (Wildman–Crippen LogP) is 29.0. The lowest BCUT2D eigenvalue weighted by Crippen LogP contribution is -2.15. The minimum absolute atomic E-state index is 0.0529. The first-order chi connectivity index (χ1) is 51.1. The average Bonchev–Trinajstić information content (AvgIpc) is 1.70. The minimum atomic E-state index is -0.152. The standard InChI is InChI=1S/C55H42.C50H36/c1-33-21-26-43-46(29-33)52(45-18-12-20-48-53(45)44-17-10-11-19-47(44)54(48,2)3)42-16-9-8-15-41(42)51(43)38-25-28-40-39-27-24-37(31-49(39)55(4,5)50(40)32-38)36-23-22-34-13-6-7-14-35(34)30-36;1-31-19-26-41-44(27-31)48(43-16-10-18-46-49(43)42-15-8-9-17-45(42)50(46,2)3)40-14-7-6-13-39(40)47(41)38-25-24-36-29-35(22-23-37(36)30-38)34-21-20-32-11-4-5-12-33(32)28-34/h6-32H,1-5H3;4-30H,1-3H3. The van der Waals surface area contributed by atoms with E-state index in [-0.39, 0.29) is 16.2 Å². The van der Waals surface area contributed by atoms with Crippen LogP contribution in [0.25, 0.3) is 176 Å². The van der Waals surface area contributed by atoms with Crippen LogP contribution in [0, 0.1) is 13.8 Å². The zero-order valence-electron chi connectivity index (χ0n) is 60.7. The van der Waals surface area contributed by atoms with Crippen molar-refractivity contribution in [3.8, 4) is 100 Å². The third-order valence-electron chi connectivity index (χ3n) is 24.4. The molecule has 0 fully saturated rings. The second-order valence-electron chi connectivity index (χ2n) is 31.5. The van der Waals surface area contributed by atoms with Crippen LogP contribution in [-0.4, -0.2) is 0 Å². The monoisotopic (exact) mass is 1340 g/mol. The molecule has 21 rings (SSSR count). The number of fused-ring (bicyclic) bond motifs is 16. The van der Waals surface area contributed by atoms with Crippen molar-refractivity contribution in [3.63, 3.8) is 0 Å². The van der Waals surface area contributed by atoms with E-state index in [4.69, 9.17) is 0 Å². The van der Waals surface area contributed by atoms with Gasteiger partial charge in [0, 0.05) is 16.2 Å². The molecule has 0 bridgehead atoms. The van der Waals surface area contributed by atoms with Crippen molar-refractivity contribution in [2.75, 3.05) is 0 Å². The molecule has 18 aromatic rings. The molecule has 18 aromatic carbocycles. The number of hydrogen-bond acceptors (Lipinski definition) is 0. The average molecular weight is 1340 g/mol. The van der Waals surface area contributed by atoms with Crippen molar-refractivity contribution in [2.45, 2.75) is 71.6 Å². The van der Waals surface area contributed by atoms with E-state index in [2.05, 4.69) is 383 Å². The van der Waals surface area contributed by atoms with Crippen molar-refractivity contribution in [3.05, 3.63) is 372 Å². The molecular formula is C105H78. The molecule has 0 saturated carbocycles. The van der Waals surface area contributed by atoms with Gasteiger partial charge in [0.05, 0.1) is 0 Å². The van der Waals surface area contributed by atoms with Crippen LogP contribution in [0.3, 0.4) is 0 Å². The first kappa shape index (κ1) is 62.5. The fraction of sp³-hybridized carbons (Fsp3) is 0.105. The van der Waals surface area contributed by atoms with Crippen LogP contribution in [-0.2, 0) is 16.2 Å². The lowest BCUT2D eigenvalue weighted by Gasteiger charge is -2.24. The third kappa shape index (κ3) is 9.59. The number of hydrogen-bond donors (Lipinski definition) is 0. The smallest absolute Gasteiger partial charge is 0.0159 e. The largest absolute Gasteiger partial charge is 0.0619 e. The van der Waals surface area contributed by atoms with E-state index in [9.17, 15) is 0 Å². The molecule has 0 aliphatic heterocycles. The molecule has 0 N–H and O–H groups in total. The van der Waals surface area contributed by atoms with Gasteiger partial charge in [-0.3, -0.25) is 0 Å². The summed E-state index contributed by atoms with van der Waals surface area (Å²) in [5.41, 5.74) is 34.3. The fourth-order valence-corrected chi connectivity index (χ4v) is 19.1. The summed E-state index contributed by atoms with van der Waals surface area (Å²) < 4.78 is 0. The van der Waals surface area contributed by atoms with Crippen molar-refractivity contribution >= 4 is 75.4 Å². The highest BCUT2D eigenvalue weighted by Crippen LogP contribution is 2.58. The lowest BCUT2D eigenvalue weighted by molar-refractivity contribution is 0.660. The van der Waals surface area contributed by atoms with E-state index in [0.29, 0.717) is 0 Å². The summed E-state index contributed by atoms with van der Waals surface area (Å²) in [7, 11) is 0. The Morgan fingerprint density at radius 2 is 0.457 bits per heavy atom. The topological polar surface area (TPSA) is 0 Å². The molecule has 0 unspecified atom stereocenters. The Balaban J connectivity index is 0.000000140. The molecule has 498 valence electrons. The van der Waals surface area contributed by atoms with Gasteiger partial charge in [0.1, 0.15) is 0 Å². The zero-order valence-corrected chi connectivity index (χ0v) is 60.7. The van der Waals surface area contributed by atoms with Gasteiger partial charge in [0.25, 0.3) is 0 Å². The van der Waals surface area contributed by atoms with E-state index in [1.165, 1.54) is 220 Å². The maximum atomic E-state index is 2.50. The van der Waals surface area contributed by atoms with Crippen LogP contribution < -0.4 is 0 Å². The van der Waals surface area contributed by atoms with Gasteiger partial charge in [-0.25, -0.2) is 0 Å². The van der Waals surface area contributed by atoms with Crippen LogP contribution in [0.15, 0.2) is 328 Å². The van der Waals surface area contributed by atoms with Crippen LogP contribution in [0.5, 0.6) is 0 Å². The molecule has 0 heterocycles. The van der Waals surface area contributed by atoms with Gasteiger partial charge < -0.3 is 0 Å². The minimum Gasteiger partial charge on any atom is -0.0619 e.